The predicted octanol–water partition coefficient (Wildman–Crippen LogP) is 2.21. The van der Waals surface area contributed by atoms with E-state index < -0.39 is 17.5 Å². The molecule has 26 heavy (non-hydrogen) atoms. The molecule has 1 amide bonds. The molecular formula is C19H21N3O4. The van der Waals surface area contributed by atoms with Crippen LogP contribution in [-0.2, 0) is 9.47 Å². The molecule has 0 aliphatic carbocycles. The van der Waals surface area contributed by atoms with Gasteiger partial charge in [-0.2, -0.15) is 4.98 Å². The summed E-state index contributed by atoms with van der Waals surface area (Å²) < 4.78 is 21.2. The minimum absolute atomic E-state index is 0.0559. The third-order valence-corrected chi connectivity index (χ3v) is 5.37. The highest BCUT2D eigenvalue weighted by atomic mass is 16.6. The number of carbonyl (C=O) groups is 1. The zero-order valence-corrected chi connectivity index (χ0v) is 14.6. The maximum absolute atomic E-state index is 12.5. The van der Waals surface area contributed by atoms with Crippen LogP contribution >= 0.6 is 0 Å². The Balaban J connectivity index is 1.57. The first-order valence-corrected chi connectivity index (χ1v) is 8.42. The molecule has 7 nitrogen and oxygen atoms in total. The number of nitrogens with zero attached hydrogens (tertiary/aromatic N) is 2. The summed E-state index contributed by atoms with van der Waals surface area (Å²) in [5.74, 6) is -0.169. The number of benzene rings is 1. The molecule has 2 fully saturated rings. The first-order chi connectivity index (χ1) is 12.9. The van der Waals surface area contributed by atoms with Crippen molar-refractivity contribution in [2.24, 2.45) is 5.41 Å². The van der Waals surface area contributed by atoms with Crippen LogP contribution in [0.2, 0.25) is 0 Å². The van der Waals surface area contributed by atoms with Gasteiger partial charge in [-0.15, -0.1) is 0 Å². The molecule has 4 rings (SSSR count). The molecule has 2 aliphatic rings. The molecule has 136 valence electrons. The van der Waals surface area contributed by atoms with Crippen LogP contribution in [0.25, 0.3) is 0 Å². The molecule has 0 saturated carbocycles. The maximum Gasteiger partial charge on any atom is 0.351 e. The Morgan fingerprint density at radius 2 is 2.12 bits per heavy atom. The molecule has 0 radical (unpaired) electrons. The molecule has 3 atom stereocenters. The van der Waals surface area contributed by atoms with Crippen molar-refractivity contribution < 1.29 is 15.6 Å². The van der Waals surface area contributed by atoms with Gasteiger partial charge in [0.25, 0.3) is 5.91 Å². The summed E-state index contributed by atoms with van der Waals surface area (Å²) in [7, 11) is 0. The third kappa shape index (κ3) is 2.47. The van der Waals surface area contributed by atoms with Gasteiger partial charge in [-0.25, -0.2) is 4.79 Å². The van der Waals surface area contributed by atoms with Gasteiger partial charge in [0.1, 0.15) is 11.9 Å². The number of nitrogens with one attached hydrogen (secondary N) is 1. The van der Waals surface area contributed by atoms with Crippen LogP contribution in [0, 0.1) is 5.41 Å². The molecule has 0 spiro atoms. The number of hydrogen-bond donors (Lipinski definition) is 1. The van der Waals surface area contributed by atoms with Gasteiger partial charge in [0.2, 0.25) is 0 Å². The maximum atomic E-state index is 12.5. The number of amides is 1. The third-order valence-electron chi connectivity index (χ3n) is 5.37. The second kappa shape index (κ2) is 5.75. The standard InChI is InChI=1S/C19H21N3O4/c1-18(2)14-16(26-19(18,3)11-25-14)22-10-9-13(21-17(22)24)20-15(23)12-7-5-4-6-8-12/h4-10,14,16H,11H2,1-3H3,(H,20,21,23,24)/t14-,16-,19-/m1/s1/i3D. The molecule has 2 bridgehead atoms. The zero-order chi connectivity index (χ0) is 19.2. The zero-order valence-electron chi connectivity index (χ0n) is 15.6. The minimum atomic E-state index is -0.734. The lowest BCUT2D eigenvalue weighted by Gasteiger charge is -2.30. The molecule has 7 heteroatoms. The number of hydrogen-bond acceptors (Lipinski definition) is 5. The van der Waals surface area contributed by atoms with E-state index >= 15 is 0 Å². The average Bonchev–Trinajstić information content (AvgIpc) is 3.05. The van der Waals surface area contributed by atoms with Crippen LogP contribution in [-0.4, -0.2) is 33.8 Å². The largest absolute Gasteiger partial charge is 0.370 e. The Hall–Kier alpha value is -2.51. The molecule has 2 aromatic rings. The van der Waals surface area contributed by atoms with Gasteiger partial charge in [-0.05, 0) is 25.1 Å². The van der Waals surface area contributed by atoms with Gasteiger partial charge in [0.05, 0.1) is 12.2 Å². The molecule has 1 aromatic heterocycles. The predicted molar refractivity (Wildman–Crippen MR) is 94.9 cm³/mol. The Bertz CT molecular complexity index is 930. The van der Waals surface area contributed by atoms with Crippen LogP contribution in [0.15, 0.2) is 47.4 Å². The van der Waals surface area contributed by atoms with E-state index in [0.29, 0.717) is 12.2 Å². The monoisotopic (exact) mass is 356 g/mol. The molecule has 1 N–H and O–H groups in total. The molecule has 1 aromatic carbocycles. The number of ether oxygens (including phenoxy) is 2. The van der Waals surface area contributed by atoms with E-state index in [1.807, 2.05) is 19.9 Å². The van der Waals surface area contributed by atoms with Crippen molar-refractivity contribution in [3.63, 3.8) is 0 Å². The number of carbonyl (C=O) groups excluding carboxylic acids is 1. The Morgan fingerprint density at radius 3 is 2.77 bits per heavy atom. The molecular weight excluding hydrogens is 334 g/mol. The van der Waals surface area contributed by atoms with Gasteiger partial charge in [-0.1, -0.05) is 32.0 Å². The fourth-order valence-corrected chi connectivity index (χ4v) is 3.45. The van der Waals surface area contributed by atoms with Gasteiger partial charge in [0.15, 0.2) is 6.23 Å². The van der Waals surface area contributed by atoms with E-state index in [1.165, 1.54) is 4.57 Å². The van der Waals surface area contributed by atoms with Crippen LogP contribution in [0.4, 0.5) is 5.82 Å². The van der Waals surface area contributed by atoms with Crippen molar-refractivity contribution in [1.29, 1.82) is 0 Å². The summed E-state index contributed by atoms with van der Waals surface area (Å²) in [5, 5.41) is 2.62. The minimum Gasteiger partial charge on any atom is -0.370 e. The van der Waals surface area contributed by atoms with E-state index in [1.54, 1.807) is 36.5 Å². The molecule has 2 aliphatic heterocycles. The summed E-state index contributed by atoms with van der Waals surface area (Å²) in [4.78, 5) is 28.7. The van der Waals surface area contributed by atoms with E-state index in [9.17, 15) is 9.59 Å². The van der Waals surface area contributed by atoms with Gasteiger partial charge < -0.3 is 14.8 Å². The fraction of sp³-hybridized carbons (Fsp3) is 0.421. The first kappa shape index (κ1) is 15.7. The van der Waals surface area contributed by atoms with E-state index in [-0.39, 0.29) is 30.1 Å². The summed E-state index contributed by atoms with van der Waals surface area (Å²) in [6, 6.07) is 10.3. The quantitative estimate of drug-likeness (QED) is 0.912. The van der Waals surface area contributed by atoms with Crippen molar-refractivity contribution in [1.82, 2.24) is 9.55 Å². The smallest absolute Gasteiger partial charge is 0.351 e. The van der Waals surface area contributed by atoms with E-state index in [0.717, 1.165) is 0 Å². The molecule has 2 saturated heterocycles. The van der Waals surface area contributed by atoms with Crippen molar-refractivity contribution in [3.8, 4) is 0 Å². The van der Waals surface area contributed by atoms with Gasteiger partial charge >= 0.3 is 5.69 Å². The van der Waals surface area contributed by atoms with E-state index in [4.69, 9.17) is 10.8 Å². The lowest BCUT2D eigenvalue weighted by Crippen LogP contribution is -2.39. The Morgan fingerprint density at radius 1 is 1.35 bits per heavy atom. The van der Waals surface area contributed by atoms with Crippen molar-refractivity contribution >= 4 is 11.7 Å². The second-order valence-electron chi connectivity index (χ2n) is 7.28. The summed E-state index contributed by atoms with van der Waals surface area (Å²) in [6.07, 6.45) is 0.559. The number of rotatable bonds is 3. The van der Waals surface area contributed by atoms with Crippen molar-refractivity contribution in [2.75, 3.05) is 11.9 Å². The van der Waals surface area contributed by atoms with Crippen LogP contribution in [0.3, 0.4) is 0 Å². The highest BCUT2D eigenvalue weighted by Gasteiger charge is 2.64. The van der Waals surface area contributed by atoms with Gasteiger partial charge in [-0.3, -0.25) is 9.36 Å². The number of fused-ring (bicyclic) bond motifs is 2. The highest BCUT2D eigenvalue weighted by molar-refractivity contribution is 6.03. The molecule has 0 unspecified atom stereocenters. The fourth-order valence-electron chi connectivity index (χ4n) is 3.45. The first-order valence-electron chi connectivity index (χ1n) is 9.13. The highest BCUT2D eigenvalue weighted by Crippen LogP contribution is 2.56. The van der Waals surface area contributed by atoms with Crippen LogP contribution in [0.1, 0.15) is 38.7 Å². The number of aromatic nitrogens is 2. The normalized spacial score (nSPS) is 29.4. The van der Waals surface area contributed by atoms with Crippen LogP contribution < -0.4 is 11.0 Å². The Labute approximate surface area is 152 Å². The Kier molecular flexibility index (Phi) is 3.48. The van der Waals surface area contributed by atoms with E-state index in [2.05, 4.69) is 10.3 Å². The topological polar surface area (TPSA) is 82.5 Å². The average molecular weight is 356 g/mol. The van der Waals surface area contributed by atoms with Crippen LogP contribution in [0.5, 0.6) is 0 Å². The SMILES string of the molecule is [2H]C[C@]12CO[C@H]([C@H](n3ccc(NC(=O)c4ccccc4)nc3=O)O1)C2(C)C. The summed E-state index contributed by atoms with van der Waals surface area (Å²) in [5.41, 5.74) is -1.19. The second-order valence-corrected chi connectivity index (χ2v) is 7.28. The van der Waals surface area contributed by atoms with Crippen molar-refractivity contribution in [2.45, 2.75) is 38.7 Å². The summed E-state index contributed by atoms with van der Waals surface area (Å²) in [6.45, 7) is 4.39. The number of anilines is 1. The summed E-state index contributed by atoms with van der Waals surface area (Å²) >= 11 is 0. The lowest BCUT2D eigenvalue weighted by atomic mass is 9.76. The van der Waals surface area contributed by atoms with Gasteiger partial charge in [0, 0.05) is 18.5 Å². The lowest BCUT2D eigenvalue weighted by molar-refractivity contribution is -0.167. The molecule has 3 heterocycles. The van der Waals surface area contributed by atoms with Crippen molar-refractivity contribution in [3.05, 3.63) is 58.6 Å².